The zero-order valence-corrected chi connectivity index (χ0v) is 12.7. The molecular weight excluding hydrogens is 330 g/mol. The molecule has 2 aromatic rings. The molecule has 5 heteroatoms. The first-order valence-corrected chi connectivity index (χ1v) is 7.05. The van der Waals surface area contributed by atoms with Crippen molar-refractivity contribution in [3.63, 3.8) is 0 Å². The standard InChI is InChI=1S/C14H13BrClNO2/c1-2-19-14(18)13-4-3-7-17(13)9-10-5-6-11(15)8-12(10)16/h3-8H,2,9H2,1H3. The van der Waals surface area contributed by atoms with Gasteiger partial charge in [0.2, 0.25) is 0 Å². The van der Waals surface area contributed by atoms with Crippen LogP contribution < -0.4 is 0 Å². The van der Waals surface area contributed by atoms with E-state index in [-0.39, 0.29) is 5.97 Å². The van der Waals surface area contributed by atoms with Gasteiger partial charge in [0.05, 0.1) is 6.61 Å². The largest absolute Gasteiger partial charge is 0.461 e. The molecule has 0 saturated heterocycles. The van der Waals surface area contributed by atoms with Crippen LogP contribution in [0.4, 0.5) is 0 Å². The van der Waals surface area contributed by atoms with Crippen molar-refractivity contribution in [1.82, 2.24) is 4.57 Å². The van der Waals surface area contributed by atoms with Crippen LogP contribution in [0.2, 0.25) is 5.02 Å². The van der Waals surface area contributed by atoms with Gasteiger partial charge in [-0.3, -0.25) is 0 Å². The van der Waals surface area contributed by atoms with E-state index in [2.05, 4.69) is 15.9 Å². The first-order valence-electron chi connectivity index (χ1n) is 5.88. The summed E-state index contributed by atoms with van der Waals surface area (Å²) in [5.41, 5.74) is 1.48. The third-order valence-corrected chi connectivity index (χ3v) is 3.52. The Labute approximate surface area is 125 Å². The maximum atomic E-state index is 11.8. The zero-order valence-electron chi connectivity index (χ0n) is 10.4. The number of esters is 1. The number of benzene rings is 1. The second-order valence-electron chi connectivity index (χ2n) is 3.98. The number of ether oxygens (including phenoxy) is 1. The first-order chi connectivity index (χ1) is 9.11. The Hall–Kier alpha value is -1.26. The van der Waals surface area contributed by atoms with Gasteiger partial charge in [0, 0.05) is 22.2 Å². The molecule has 1 aromatic heterocycles. The van der Waals surface area contributed by atoms with Crippen LogP contribution in [0.3, 0.4) is 0 Å². The van der Waals surface area contributed by atoms with Crippen LogP contribution in [-0.2, 0) is 11.3 Å². The lowest BCUT2D eigenvalue weighted by Gasteiger charge is -2.10. The Balaban J connectivity index is 2.24. The first kappa shape index (κ1) is 14.2. The van der Waals surface area contributed by atoms with E-state index in [0.717, 1.165) is 10.0 Å². The lowest BCUT2D eigenvalue weighted by Crippen LogP contribution is -2.12. The van der Waals surface area contributed by atoms with E-state index in [1.165, 1.54) is 0 Å². The van der Waals surface area contributed by atoms with Crippen molar-refractivity contribution in [2.45, 2.75) is 13.5 Å². The lowest BCUT2D eigenvalue weighted by atomic mass is 10.2. The number of halogens is 2. The maximum Gasteiger partial charge on any atom is 0.354 e. The van der Waals surface area contributed by atoms with Crippen LogP contribution in [-0.4, -0.2) is 17.1 Å². The quantitative estimate of drug-likeness (QED) is 0.782. The molecule has 0 N–H and O–H groups in total. The molecule has 1 aromatic carbocycles. The molecule has 0 radical (unpaired) electrons. The molecule has 3 nitrogen and oxygen atoms in total. The van der Waals surface area contributed by atoms with Crippen LogP contribution in [0, 0.1) is 0 Å². The Kier molecular flexibility index (Phi) is 4.66. The average molecular weight is 343 g/mol. The van der Waals surface area contributed by atoms with Crippen molar-refractivity contribution in [1.29, 1.82) is 0 Å². The number of carbonyl (C=O) groups excluding carboxylic acids is 1. The normalized spacial score (nSPS) is 10.5. The van der Waals surface area contributed by atoms with Gasteiger partial charge in [-0.05, 0) is 36.8 Å². The van der Waals surface area contributed by atoms with Crippen molar-refractivity contribution in [3.8, 4) is 0 Å². The smallest absolute Gasteiger partial charge is 0.354 e. The molecule has 1 heterocycles. The van der Waals surface area contributed by atoms with Gasteiger partial charge in [-0.15, -0.1) is 0 Å². The zero-order chi connectivity index (χ0) is 13.8. The maximum absolute atomic E-state index is 11.8. The number of aromatic nitrogens is 1. The Bertz CT molecular complexity index is 595. The number of hydrogen-bond acceptors (Lipinski definition) is 2. The molecule has 0 aliphatic rings. The van der Waals surface area contributed by atoms with Gasteiger partial charge in [-0.25, -0.2) is 4.79 Å². The number of carbonyl (C=O) groups is 1. The summed E-state index contributed by atoms with van der Waals surface area (Å²) >= 11 is 9.55. The molecule has 0 saturated carbocycles. The summed E-state index contributed by atoms with van der Waals surface area (Å²) in [4.78, 5) is 11.8. The van der Waals surface area contributed by atoms with Crippen LogP contribution in [0.15, 0.2) is 41.0 Å². The average Bonchev–Trinajstić information content (AvgIpc) is 2.81. The monoisotopic (exact) mass is 341 g/mol. The van der Waals surface area contributed by atoms with Crippen molar-refractivity contribution in [3.05, 3.63) is 57.3 Å². The SMILES string of the molecule is CCOC(=O)c1cccn1Cc1ccc(Br)cc1Cl. The van der Waals surface area contributed by atoms with Gasteiger partial charge in [-0.2, -0.15) is 0 Å². The summed E-state index contributed by atoms with van der Waals surface area (Å²) in [7, 11) is 0. The summed E-state index contributed by atoms with van der Waals surface area (Å²) < 4.78 is 7.77. The highest BCUT2D eigenvalue weighted by atomic mass is 79.9. The second kappa shape index (κ2) is 6.26. The predicted octanol–water partition coefficient (Wildman–Crippen LogP) is 4.13. The van der Waals surface area contributed by atoms with E-state index in [0.29, 0.717) is 23.9 Å². The summed E-state index contributed by atoms with van der Waals surface area (Å²) in [5.74, 6) is -0.319. The predicted molar refractivity (Wildman–Crippen MR) is 78.6 cm³/mol. The molecule has 0 aliphatic carbocycles. The second-order valence-corrected chi connectivity index (χ2v) is 5.30. The fraction of sp³-hybridized carbons (Fsp3) is 0.214. The van der Waals surface area contributed by atoms with Gasteiger partial charge in [0.15, 0.2) is 0 Å². The van der Waals surface area contributed by atoms with Gasteiger partial charge in [0.1, 0.15) is 5.69 Å². The highest BCUT2D eigenvalue weighted by Gasteiger charge is 2.12. The minimum absolute atomic E-state index is 0.319. The molecular formula is C14H13BrClNO2. The molecule has 0 spiro atoms. The topological polar surface area (TPSA) is 31.2 Å². The minimum atomic E-state index is -0.319. The Morgan fingerprint density at radius 3 is 2.89 bits per heavy atom. The van der Waals surface area contributed by atoms with E-state index < -0.39 is 0 Å². The molecule has 0 bridgehead atoms. The van der Waals surface area contributed by atoms with E-state index in [4.69, 9.17) is 16.3 Å². The molecule has 0 amide bonds. The van der Waals surface area contributed by atoms with Crippen LogP contribution in [0.5, 0.6) is 0 Å². The summed E-state index contributed by atoms with van der Waals surface area (Å²) in [5, 5.41) is 0.665. The third kappa shape index (κ3) is 3.39. The van der Waals surface area contributed by atoms with Gasteiger partial charge >= 0.3 is 5.97 Å². The van der Waals surface area contributed by atoms with Crippen molar-refractivity contribution in [2.24, 2.45) is 0 Å². The lowest BCUT2D eigenvalue weighted by molar-refractivity contribution is 0.0514. The van der Waals surface area contributed by atoms with E-state index >= 15 is 0 Å². The molecule has 0 unspecified atom stereocenters. The van der Waals surface area contributed by atoms with Crippen LogP contribution >= 0.6 is 27.5 Å². The fourth-order valence-corrected chi connectivity index (χ4v) is 2.51. The third-order valence-electron chi connectivity index (χ3n) is 2.67. The molecule has 19 heavy (non-hydrogen) atoms. The molecule has 2 rings (SSSR count). The molecule has 0 atom stereocenters. The number of nitrogens with zero attached hydrogens (tertiary/aromatic N) is 1. The minimum Gasteiger partial charge on any atom is -0.461 e. The molecule has 0 fully saturated rings. The molecule has 0 aliphatic heterocycles. The van der Waals surface area contributed by atoms with Gasteiger partial charge < -0.3 is 9.30 Å². The van der Waals surface area contributed by atoms with Crippen molar-refractivity contribution >= 4 is 33.5 Å². The summed E-state index contributed by atoms with van der Waals surface area (Å²) in [6.45, 7) is 2.69. The summed E-state index contributed by atoms with van der Waals surface area (Å²) in [6, 6.07) is 9.25. The van der Waals surface area contributed by atoms with Crippen molar-refractivity contribution in [2.75, 3.05) is 6.61 Å². The van der Waals surface area contributed by atoms with Gasteiger partial charge in [-0.1, -0.05) is 33.6 Å². The van der Waals surface area contributed by atoms with E-state index in [1.807, 2.05) is 35.0 Å². The Morgan fingerprint density at radius 2 is 2.21 bits per heavy atom. The Morgan fingerprint density at radius 1 is 1.42 bits per heavy atom. The summed E-state index contributed by atoms with van der Waals surface area (Å²) in [6.07, 6.45) is 1.84. The van der Waals surface area contributed by atoms with Crippen LogP contribution in [0.1, 0.15) is 23.0 Å². The fourth-order valence-electron chi connectivity index (χ4n) is 1.78. The van der Waals surface area contributed by atoms with Crippen molar-refractivity contribution < 1.29 is 9.53 Å². The van der Waals surface area contributed by atoms with Gasteiger partial charge in [0.25, 0.3) is 0 Å². The van der Waals surface area contributed by atoms with E-state index in [1.54, 1.807) is 13.0 Å². The highest BCUT2D eigenvalue weighted by molar-refractivity contribution is 9.10. The number of rotatable bonds is 4. The molecule has 100 valence electrons. The highest BCUT2D eigenvalue weighted by Crippen LogP contribution is 2.22. The van der Waals surface area contributed by atoms with E-state index in [9.17, 15) is 4.79 Å². The van der Waals surface area contributed by atoms with Crippen LogP contribution in [0.25, 0.3) is 0 Å². The number of hydrogen-bond donors (Lipinski definition) is 0.